The van der Waals surface area contributed by atoms with Crippen molar-refractivity contribution in [3.8, 4) is 0 Å². The molecule has 1 fully saturated rings. The molecular weight excluding hydrogens is 247 g/mol. The molecule has 3 atom stereocenters. The van der Waals surface area contributed by atoms with Gasteiger partial charge in [-0.1, -0.05) is 24.6 Å². The van der Waals surface area contributed by atoms with Crippen molar-refractivity contribution in [2.24, 2.45) is 11.7 Å². The van der Waals surface area contributed by atoms with Gasteiger partial charge in [0.2, 0.25) is 5.91 Å². The number of hydrogen-bond acceptors (Lipinski definition) is 3. The molecule has 4 N–H and O–H groups in total. The summed E-state index contributed by atoms with van der Waals surface area (Å²) in [5, 5.41) is 12.5. The Morgan fingerprint density at radius 2 is 2.21 bits per heavy atom. The van der Waals surface area contributed by atoms with Crippen LogP contribution in [-0.2, 0) is 4.79 Å². The molecule has 2 rings (SSSR count). The van der Waals surface area contributed by atoms with Crippen LogP contribution in [0.4, 0.5) is 4.39 Å². The van der Waals surface area contributed by atoms with Crippen LogP contribution in [0.1, 0.15) is 30.9 Å². The molecule has 1 amide bonds. The zero-order valence-electron chi connectivity index (χ0n) is 10.7. The Kier molecular flexibility index (Phi) is 4.50. The molecule has 1 aliphatic rings. The van der Waals surface area contributed by atoms with E-state index in [1.165, 1.54) is 12.1 Å². The van der Waals surface area contributed by atoms with Crippen molar-refractivity contribution in [1.29, 1.82) is 0 Å². The summed E-state index contributed by atoms with van der Waals surface area (Å²) in [5.41, 5.74) is 6.03. The molecule has 4 nitrogen and oxygen atoms in total. The SMILES string of the molecule is N[C@@H]1CCC[C@H]1C(=O)NC[C@@H](O)c1ccccc1F. The Labute approximate surface area is 111 Å². The lowest BCUT2D eigenvalue weighted by molar-refractivity contribution is -0.125. The molecule has 0 saturated heterocycles. The summed E-state index contributed by atoms with van der Waals surface area (Å²) in [5.74, 6) is -0.810. The van der Waals surface area contributed by atoms with Gasteiger partial charge >= 0.3 is 0 Å². The normalized spacial score (nSPS) is 24.2. The molecule has 19 heavy (non-hydrogen) atoms. The van der Waals surface area contributed by atoms with Gasteiger partial charge in [-0.25, -0.2) is 4.39 Å². The standard InChI is InChI=1S/C14H19FN2O2/c15-11-6-2-1-4-9(11)13(18)8-17-14(19)10-5-3-7-12(10)16/h1-2,4,6,10,12-13,18H,3,5,7-8,16H2,(H,17,19)/t10-,12-,13-/m1/s1. The van der Waals surface area contributed by atoms with E-state index in [9.17, 15) is 14.3 Å². The number of carbonyl (C=O) groups is 1. The number of amides is 1. The van der Waals surface area contributed by atoms with Crippen LogP contribution >= 0.6 is 0 Å². The number of aliphatic hydroxyl groups excluding tert-OH is 1. The van der Waals surface area contributed by atoms with Crippen LogP contribution in [0.15, 0.2) is 24.3 Å². The van der Waals surface area contributed by atoms with E-state index in [1.54, 1.807) is 12.1 Å². The number of nitrogens with two attached hydrogens (primary N) is 1. The molecule has 1 aromatic rings. The first kappa shape index (κ1) is 14.0. The third-order valence-corrected chi connectivity index (χ3v) is 3.64. The van der Waals surface area contributed by atoms with Crippen molar-refractivity contribution < 1.29 is 14.3 Å². The first-order chi connectivity index (χ1) is 9.09. The number of rotatable bonds is 4. The topological polar surface area (TPSA) is 75.4 Å². The van der Waals surface area contributed by atoms with Crippen LogP contribution in [0.2, 0.25) is 0 Å². The highest BCUT2D eigenvalue weighted by atomic mass is 19.1. The van der Waals surface area contributed by atoms with E-state index in [2.05, 4.69) is 5.32 Å². The molecule has 0 heterocycles. The quantitative estimate of drug-likeness (QED) is 0.764. The molecule has 0 aliphatic heterocycles. The van der Waals surface area contributed by atoms with E-state index in [-0.39, 0.29) is 30.0 Å². The average Bonchev–Trinajstić information content (AvgIpc) is 2.82. The van der Waals surface area contributed by atoms with Crippen molar-refractivity contribution in [3.05, 3.63) is 35.6 Å². The van der Waals surface area contributed by atoms with Crippen molar-refractivity contribution in [3.63, 3.8) is 0 Å². The highest BCUT2D eigenvalue weighted by molar-refractivity contribution is 5.79. The number of halogens is 1. The Bertz CT molecular complexity index is 453. The predicted octanol–water partition coefficient (Wildman–Crippen LogP) is 1.10. The fraction of sp³-hybridized carbons (Fsp3) is 0.500. The van der Waals surface area contributed by atoms with Gasteiger partial charge < -0.3 is 16.2 Å². The van der Waals surface area contributed by atoms with Crippen LogP contribution in [-0.4, -0.2) is 23.6 Å². The maximum absolute atomic E-state index is 13.4. The summed E-state index contributed by atoms with van der Waals surface area (Å²) >= 11 is 0. The first-order valence-electron chi connectivity index (χ1n) is 6.55. The summed E-state index contributed by atoms with van der Waals surface area (Å²) in [6.07, 6.45) is 1.55. The van der Waals surface area contributed by atoms with Gasteiger partial charge in [-0.05, 0) is 18.9 Å². The second-order valence-corrected chi connectivity index (χ2v) is 4.98. The van der Waals surface area contributed by atoms with Gasteiger partial charge in [-0.2, -0.15) is 0 Å². The van der Waals surface area contributed by atoms with Crippen LogP contribution in [0.5, 0.6) is 0 Å². The van der Waals surface area contributed by atoms with Crippen LogP contribution in [0, 0.1) is 11.7 Å². The van der Waals surface area contributed by atoms with E-state index in [4.69, 9.17) is 5.73 Å². The molecule has 1 aromatic carbocycles. The Morgan fingerprint density at radius 1 is 1.47 bits per heavy atom. The third kappa shape index (κ3) is 3.30. The van der Waals surface area contributed by atoms with Gasteiger partial charge in [0.05, 0.1) is 12.0 Å². The summed E-state index contributed by atoms with van der Waals surface area (Å²) < 4.78 is 13.4. The Balaban J connectivity index is 1.88. The smallest absolute Gasteiger partial charge is 0.224 e. The lowest BCUT2D eigenvalue weighted by Gasteiger charge is -2.17. The summed E-state index contributed by atoms with van der Waals surface area (Å²) in [6.45, 7) is 0.00296. The molecule has 0 radical (unpaired) electrons. The van der Waals surface area contributed by atoms with E-state index in [1.807, 2.05) is 0 Å². The second-order valence-electron chi connectivity index (χ2n) is 4.98. The number of hydrogen-bond donors (Lipinski definition) is 3. The molecule has 1 aliphatic carbocycles. The van der Waals surface area contributed by atoms with Crippen molar-refractivity contribution in [2.45, 2.75) is 31.4 Å². The predicted molar refractivity (Wildman–Crippen MR) is 69.7 cm³/mol. The lowest BCUT2D eigenvalue weighted by Crippen LogP contribution is -2.40. The number of carbonyl (C=O) groups excluding carboxylic acids is 1. The van der Waals surface area contributed by atoms with Gasteiger partial charge in [0, 0.05) is 18.2 Å². The molecule has 1 saturated carbocycles. The molecule has 0 unspecified atom stereocenters. The number of nitrogens with one attached hydrogen (secondary N) is 1. The molecular formula is C14H19FN2O2. The van der Waals surface area contributed by atoms with Gasteiger partial charge in [-0.15, -0.1) is 0 Å². The number of aliphatic hydroxyl groups is 1. The van der Waals surface area contributed by atoms with Crippen molar-refractivity contribution >= 4 is 5.91 Å². The van der Waals surface area contributed by atoms with E-state index < -0.39 is 11.9 Å². The van der Waals surface area contributed by atoms with Crippen molar-refractivity contribution in [1.82, 2.24) is 5.32 Å². The summed E-state index contributed by atoms with van der Waals surface area (Å²) in [4.78, 5) is 11.9. The van der Waals surface area contributed by atoms with Crippen LogP contribution < -0.4 is 11.1 Å². The minimum atomic E-state index is -1.04. The molecule has 0 bridgehead atoms. The summed E-state index contributed by atoms with van der Waals surface area (Å²) in [6, 6.07) is 5.89. The minimum absolute atomic E-state index is 0.00296. The monoisotopic (exact) mass is 266 g/mol. The molecule has 104 valence electrons. The van der Waals surface area contributed by atoms with E-state index in [0.717, 1.165) is 19.3 Å². The minimum Gasteiger partial charge on any atom is -0.386 e. The fourth-order valence-corrected chi connectivity index (χ4v) is 2.50. The van der Waals surface area contributed by atoms with Gasteiger partial charge in [-0.3, -0.25) is 4.79 Å². The zero-order valence-corrected chi connectivity index (χ0v) is 10.7. The van der Waals surface area contributed by atoms with Gasteiger partial charge in [0.15, 0.2) is 0 Å². The van der Waals surface area contributed by atoms with Crippen LogP contribution in [0.25, 0.3) is 0 Å². The molecule has 0 spiro atoms. The fourth-order valence-electron chi connectivity index (χ4n) is 2.50. The van der Waals surface area contributed by atoms with Crippen LogP contribution in [0.3, 0.4) is 0 Å². The largest absolute Gasteiger partial charge is 0.386 e. The molecule has 5 heteroatoms. The highest BCUT2D eigenvalue weighted by Gasteiger charge is 2.30. The third-order valence-electron chi connectivity index (χ3n) is 3.64. The van der Waals surface area contributed by atoms with E-state index in [0.29, 0.717) is 0 Å². The molecule has 0 aromatic heterocycles. The van der Waals surface area contributed by atoms with E-state index >= 15 is 0 Å². The lowest BCUT2D eigenvalue weighted by atomic mass is 10.0. The van der Waals surface area contributed by atoms with Gasteiger partial charge in [0.1, 0.15) is 5.82 Å². The maximum atomic E-state index is 13.4. The second kappa shape index (κ2) is 6.12. The average molecular weight is 266 g/mol. The Morgan fingerprint density at radius 3 is 2.84 bits per heavy atom. The highest BCUT2D eigenvalue weighted by Crippen LogP contribution is 2.24. The number of benzene rings is 1. The maximum Gasteiger partial charge on any atom is 0.224 e. The first-order valence-corrected chi connectivity index (χ1v) is 6.55. The Hall–Kier alpha value is -1.46. The van der Waals surface area contributed by atoms with Gasteiger partial charge in [0.25, 0.3) is 0 Å². The zero-order chi connectivity index (χ0) is 13.8. The van der Waals surface area contributed by atoms with Crippen molar-refractivity contribution in [2.75, 3.05) is 6.54 Å². The summed E-state index contributed by atoms with van der Waals surface area (Å²) in [7, 11) is 0.